The number of benzene rings is 1. The topological polar surface area (TPSA) is 57.8 Å². The number of rotatable bonds is 2. The number of aromatic nitrogens is 2. The van der Waals surface area contributed by atoms with E-state index in [1.54, 1.807) is 6.20 Å². The average molecular weight is 271 g/mol. The largest absolute Gasteiger partial charge is 0.349 e. The maximum Gasteiger partial charge on any atom is 0.251 e. The summed E-state index contributed by atoms with van der Waals surface area (Å²) in [6.45, 7) is 4.61. The molecular formula is C16H21N3O. The minimum Gasteiger partial charge on any atom is -0.349 e. The standard InChI is InChI=1S/C16H21N3O/c1-16(2)7-5-13(6-8-16)18-15(20)11-3-4-12-10-17-19-14(12)9-11/h3-4,9-10,13H,5-8H2,1-2H3,(H,17,19)(H,18,20). The van der Waals surface area contributed by atoms with E-state index < -0.39 is 0 Å². The Hall–Kier alpha value is -1.84. The first-order chi connectivity index (χ1) is 9.53. The van der Waals surface area contributed by atoms with Crippen LogP contribution in [0, 0.1) is 5.41 Å². The predicted molar refractivity (Wildman–Crippen MR) is 79.6 cm³/mol. The third-order valence-electron chi connectivity index (χ3n) is 4.38. The molecule has 106 valence electrons. The molecule has 0 unspecified atom stereocenters. The molecule has 1 amide bonds. The molecule has 4 nitrogen and oxygen atoms in total. The van der Waals surface area contributed by atoms with Gasteiger partial charge < -0.3 is 5.32 Å². The molecule has 1 heterocycles. The molecular weight excluding hydrogens is 250 g/mol. The molecule has 20 heavy (non-hydrogen) atoms. The maximum atomic E-state index is 12.3. The number of carbonyl (C=O) groups excluding carboxylic acids is 1. The van der Waals surface area contributed by atoms with Crippen LogP contribution >= 0.6 is 0 Å². The number of nitrogens with one attached hydrogen (secondary N) is 2. The van der Waals surface area contributed by atoms with Crippen molar-refractivity contribution in [1.82, 2.24) is 15.5 Å². The van der Waals surface area contributed by atoms with Gasteiger partial charge in [-0.25, -0.2) is 0 Å². The lowest BCUT2D eigenvalue weighted by atomic mass is 9.75. The number of hydrogen-bond acceptors (Lipinski definition) is 2. The molecule has 0 bridgehead atoms. The number of nitrogens with zero attached hydrogens (tertiary/aromatic N) is 1. The fourth-order valence-corrected chi connectivity index (χ4v) is 2.89. The van der Waals surface area contributed by atoms with Gasteiger partial charge in [-0.2, -0.15) is 5.10 Å². The normalized spacial score (nSPS) is 19.1. The van der Waals surface area contributed by atoms with Gasteiger partial charge in [0.25, 0.3) is 5.91 Å². The van der Waals surface area contributed by atoms with Gasteiger partial charge in [-0.3, -0.25) is 9.89 Å². The van der Waals surface area contributed by atoms with Crippen molar-refractivity contribution in [3.8, 4) is 0 Å². The molecule has 2 N–H and O–H groups in total. The molecule has 0 radical (unpaired) electrons. The summed E-state index contributed by atoms with van der Waals surface area (Å²) < 4.78 is 0. The fourth-order valence-electron chi connectivity index (χ4n) is 2.89. The van der Waals surface area contributed by atoms with Crippen molar-refractivity contribution in [3.05, 3.63) is 30.0 Å². The van der Waals surface area contributed by atoms with Crippen molar-refractivity contribution in [2.24, 2.45) is 5.41 Å². The SMILES string of the molecule is CC1(C)CCC(NC(=O)c2ccc3cn[nH]c3c2)CC1. The van der Waals surface area contributed by atoms with E-state index in [0.29, 0.717) is 17.0 Å². The summed E-state index contributed by atoms with van der Waals surface area (Å²) in [5.41, 5.74) is 2.03. The van der Waals surface area contributed by atoms with Gasteiger partial charge in [-0.05, 0) is 43.2 Å². The molecule has 0 atom stereocenters. The first-order valence-corrected chi connectivity index (χ1v) is 7.27. The number of amides is 1. The van der Waals surface area contributed by atoms with Crippen molar-refractivity contribution in [2.75, 3.05) is 0 Å². The minimum atomic E-state index is 0.0196. The number of hydrogen-bond donors (Lipinski definition) is 2. The van der Waals surface area contributed by atoms with E-state index in [1.807, 2.05) is 18.2 Å². The van der Waals surface area contributed by atoms with Crippen LogP contribution < -0.4 is 5.32 Å². The Morgan fingerprint density at radius 1 is 1.35 bits per heavy atom. The lowest BCUT2D eigenvalue weighted by Crippen LogP contribution is -2.39. The van der Waals surface area contributed by atoms with E-state index in [-0.39, 0.29) is 5.91 Å². The van der Waals surface area contributed by atoms with E-state index in [9.17, 15) is 4.79 Å². The van der Waals surface area contributed by atoms with Gasteiger partial charge in [-0.15, -0.1) is 0 Å². The fraction of sp³-hybridized carbons (Fsp3) is 0.500. The second kappa shape index (κ2) is 4.93. The van der Waals surface area contributed by atoms with Crippen LogP contribution in [0.25, 0.3) is 10.9 Å². The van der Waals surface area contributed by atoms with Gasteiger partial charge in [0.05, 0.1) is 11.7 Å². The van der Waals surface area contributed by atoms with Crippen LogP contribution in [-0.2, 0) is 0 Å². The molecule has 1 aromatic carbocycles. The van der Waals surface area contributed by atoms with Crippen LogP contribution in [0.1, 0.15) is 49.9 Å². The zero-order chi connectivity index (χ0) is 14.2. The predicted octanol–water partition coefficient (Wildman–Crippen LogP) is 3.26. The summed E-state index contributed by atoms with van der Waals surface area (Å²) in [5.74, 6) is 0.0196. The summed E-state index contributed by atoms with van der Waals surface area (Å²) in [5, 5.41) is 11.1. The maximum absolute atomic E-state index is 12.3. The summed E-state index contributed by atoms with van der Waals surface area (Å²) in [6, 6.07) is 5.97. The lowest BCUT2D eigenvalue weighted by molar-refractivity contribution is 0.0909. The quantitative estimate of drug-likeness (QED) is 0.880. The second-order valence-electron chi connectivity index (χ2n) is 6.58. The first kappa shape index (κ1) is 13.2. The highest BCUT2D eigenvalue weighted by molar-refractivity contribution is 5.97. The summed E-state index contributed by atoms with van der Waals surface area (Å²) >= 11 is 0. The number of carbonyl (C=O) groups is 1. The molecule has 1 fully saturated rings. The van der Waals surface area contributed by atoms with E-state index in [2.05, 4.69) is 29.4 Å². The van der Waals surface area contributed by atoms with Gasteiger partial charge in [0, 0.05) is 17.0 Å². The van der Waals surface area contributed by atoms with Gasteiger partial charge >= 0.3 is 0 Å². The van der Waals surface area contributed by atoms with Gasteiger partial charge in [-0.1, -0.05) is 19.9 Å². The molecule has 0 aliphatic heterocycles. The molecule has 0 saturated heterocycles. The van der Waals surface area contributed by atoms with Crippen molar-refractivity contribution in [2.45, 2.75) is 45.6 Å². The van der Waals surface area contributed by atoms with Crippen molar-refractivity contribution in [3.63, 3.8) is 0 Å². The molecule has 3 rings (SSSR count). The van der Waals surface area contributed by atoms with Crippen LogP contribution in [-0.4, -0.2) is 22.1 Å². The van der Waals surface area contributed by atoms with Crippen LogP contribution in [0.3, 0.4) is 0 Å². The number of aromatic amines is 1. The summed E-state index contributed by atoms with van der Waals surface area (Å²) in [7, 11) is 0. The Morgan fingerprint density at radius 2 is 2.10 bits per heavy atom. The van der Waals surface area contributed by atoms with Gasteiger partial charge in [0.15, 0.2) is 0 Å². The highest BCUT2D eigenvalue weighted by Crippen LogP contribution is 2.35. The van der Waals surface area contributed by atoms with Crippen molar-refractivity contribution < 1.29 is 4.79 Å². The van der Waals surface area contributed by atoms with E-state index in [0.717, 1.165) is 23.7 Å². The van der Waals surface area contributed by atoms with Crippen LogP contribution in [0.4, 0.5) is 0 Å². The minimum absolute atomic E-state index is 0.0196. The van der Waals surface area contributed by atoms with Crippen LogP contribution in [0.15, 0.2) is 24.4 Å². The van der Waals surface area contributed by atoms with E-state index in [4.69, 9.17) is 0 Å². The molecule has 1 aliphatic rings. The molecule has 1 aliphatic carbocycles. The smallest absolute Gasteiger partial charge is 0.251 e. The van der Waals surface area contributed by atoms with Crippen molar-refractivity contribution in [1.29, 1.82) is 0 Å². The lowest BCUT2D eigenvalue weighted by Gasteiger charge is -2.34. The Bertz CT molecular complexity index is 619. The molecule has 2 aromatic rings. The Kier molecular flexibility index (Phi) is 3.24. The van der Waals surface area contributed by atoms with E-state index in [1.165, 1.54) is 12.8 Å². The summed E-state index contributed by atoms with van der Waals surface area (Å²) in [6.07, 6.45) is 6.27. The Morgan fingerprint density at radius 3 is 2.85 bits per heavy atom. The monoisotopic (exact) mass is 271 g/mol. The van der Waals surface area contributed by atoms with E-state index >= 15 is 0 Å². The molecule has 1 aromatic heterocycles. The Balaban J connectivity index is 1.67. The zero-order valence-corrected chi connectivity index (χ0v) is 12.1. The number of fused-ring (bicyclic) bond motifs is 1. The highest BCUT2D eigenvalue weighted by atomic mass is 16.1. The van der Waals surface area contributed by atoms with Gasteiger partial charge in [0.1, 0.15) is 0 Å². The van der Waals surface area contributed by atoms with Crippen LogP contribution in [0.5, 0.6) is 0 Å². The zero-order valence-electron chi connectivity index (χ0n) is 12.1. The van der Waals surface area contributed by atoms with Crippen molar-refractivity contribution >= 4 is 16.8 Å². The number of H-pyrrole nitrogens is 1. The van der Waals surface area contributed by atoms with Crippen LogP contribution in [0.2, 0.25) is 0 Å². The molecule has 1 saturated carbocycles. The first-order valence-electron chi connectivity index (χ1n) is 7.27. The third-order valence-corrected chi connectivity index (χ3v) is 4.38. The molecule has 0 spiro atoms. The summed E-state index contributed by atoms with van der Waals surface area (Å²) in [4.78, 5) is 12.3. The Labute approximate surface area is 119 Å². The second-order valence-corrected chi connectivity index (χ2v) is 6.58. The molecule has 4 heteroatoms. The third kappa shape index (κ3) is 2.69. The average Bonchev–Trinajstić information content (AvgIpc) is 2.88. The highest BCUT2D eigenvalue weighted by Gasteiger charge is 2.27. The van der Waals surface area contributed by atoms with Gasteiger partial charge in [0.2, 0.25) is 0 Å².